The summed E-state index contributed by atoms with van der Waals surface area (Å²) in [4.78, 5) is 27.6. The van der Waals surface area contributed by atoms with E-state index in [1.165, 1.54) is 6.92 Å². The fourth-order valence-corrected chi connectivity index (χ4v) is 2.51. The quantitative estimate of drug-likeness (QED) is 0.526. The van der Waals surface area contributed by atoms with Crippen LogP contribution in [-0.4, -0.2) is 29.9 Å². The molecule has 1 heterocycles. The van der Waals surface area contributed by atoms with Crippen molar-refractivity contribution in [2.45, 2.75) is 6.92 Å². The van der Waals surface area contributed by atoms with Crippen molar-refractivity contribution in [3.63, 3.8) is 0 Å². The first kappa shape index (κ1) is 17.4. The topological polar surface area (TPSA) is 80.3 Å². The summed E-state index contributed by atoms with van der Waals surface area (Å²) in [5, 5.41) is 6.41. The molecule has 132 valence electrons. The zero-order valence-electron chi connectivity index (χ0n) is 14.4. The van der Waals surface area contributed by atoms with E-state index >= 15 is 0 Å². The highest BCUT2D eigenvalue weighted by atomic mass is 16.5. The van der Waals surface area contributed by atoms with E-state index < -0.39 is 0 Å². The van der Waals surface area contributed by atoms with E-state index in [9.17, 15) is 9.59 Å². The molecule has 0 aliphatic carbocycles. The number of para-hydroxylation sites is 1. The fourth-order valence-electron chi connectivity index (χ4n) is 2.51. The van der Waals surface area contributed by atoms with Crippen LogP contribution >= 0.6 is 0 Å². The average molecular weight is 349 g/mol. The Morgan fingerprint density at radius 2 is 1.88 bits per heavy atom. The largest absolute Gasteiger partial charge is 0.489 e. The fraction of sp³-hybridized carbons (Fsp3) is 0.150. The maximum absolute atomic E-state index is 11.9. The molecule has 2 aromatic carbocycles. The SMILES string of the molecule is CC(=O)c1cccc(NC(=O)NCCOc2cccc3cccnc23)c1. The lowest BCUT2D eigenvalue weighted by atomic mass is 10.1. The van der Waals surface area contributed by atoms with Gasteiger partial charge in [0.15, 0.2) is 5.78 Å². The van der Waals surface area contributed by atoms with E-state index in [0.29, 0.717) is 30.2 Å². The lowest BCUT2D eigenvalue weighted by Gasteiger charge is -2.10. The summed E-state index contributed by atoms with van der Waals surface area (Å²) in [5.74, 6) is 0.630. The number of ketones is 1. The van der Waals surface area contributed by atoms with Crippen LogP contribution in [0, 0.1) is 0 Å². The normalized spacial score (nSPS) is 10.3. The molecule has 0 bridgehead atoms. The Labute approximate surface area is 151 Å². The number of urea groups is 1. The molecule has 6 heteroatoms. The Morgan fingerprint density at radius 1 is 1.08 bits per heavy atom. The number of nitrogens with one attached hydrogen (secondary N) is 2. The summed E-state index contributed by atoms with van der Waals surface area (Å²) >= 11 is 0. The third kappa shape index (κ3) is 4.36. The summed E-state index contributed by atoms with van der Waals surface area (Å²) < 4.78 is 5.72. The zero-order chi connectivity index (χ0) is 18.4. The van der Waals surface area contributed by atoms with Gasteiger partial charge >= 0.3 is 6.03 Å². The number of hydrogen-bond donors (Lipinski definition) is 2. The molecule has 0 unspecified atom stereocenters. The predicted octanol–water partition coefficient (Wildman–Crippen LogP) is 3.64. The second-order valence-corrected chi connectivity index (χ2v) is 5.70. The number of hydrogen-bond acceptors (Lipinski definition) is 4. The standard InChI is InChI=1S/C20H19N3O3/c1-14(24)16-6-2-8-17(13-16)23-20(25)22-11-12-26-18-9-3-5-15-7-4-10-21-19(15)18/h2-10,13H,11-12H2,1H3,(H2,22,23,25). The van der Waals surface area contributed by atoms with Gasteiger partial charge in [0.1, 0.15) is 17.9 Å². The summed E-state index contributed by atoms with van der Waals surface area (Å²) in [7, 11) is 0. The van der Waals surface area contributed by atoms with Crippen molar-refractivity contribution in [1.29, 1.82) is 0 Å². The van der Waals surface area contributed by atoms with Gasteiger partial charge in [0.25, 0.3) is 0 Å². The molecule has 3 rings (SSSR count). The van der Waals surface area contributed by atoms with Gasteiger partial charge < -0.3 is 15.4 Å². The highest BCUT2D eigenvalue weighted by Crippen LogP contribution is 2.22. The van der Waals surface area contributed by atoms with Crippen molar-refractivity contribution in [2.75, 3.05) is 18.5 Å². The first-order chi connectivity index (χ1) is 12.6. The number of anilines is 1. The second-order valence-electron chi connectivity index (χ2n) is 5.70. The van der Waals surface area contributed by atoms with Gasteiger partial charge in [-0.1, -0.05) is 30.3 Å². The Kier molecular flexibility index (Phi) is 5.43. The summed E-state index contributed by atoms with van der Waals surface area (Å²) in [6.45, 7) is 2.14. The van der Waals surface area contributed by atoms with Crippen LogP contribution in [-0.2, 0) is 0 Å². The van der Waals surface area contributed by atoms with Crippen molar-refractivity contribution in [1.82, 2.24) is 10.3 Å². The van der Waals surface area contributed by atoms with Crippen LogP contribution in [0.25, 0.3) is 10.9 Å². The van der Waals surface area contributed by atoms with Gasteiger partial charge in [-0.2, -0.15) is 0 Å². The Morgan fingerprint density at radius 3 is 2.73 bits per heavy atom. The van der Waals surface area contributed by atoms with Crippen LogP contribution in [0.4, 0.5) is 10.5 Å². The van der Waals surface area contributed by atoms with E-state index in [1.54, 1.807) is 30.5 Å². The molecule has 0 atom stereocenters. The number of nitrogens with zero attached hydrogens (tertiary/aromatic N) is 1. The van der Waals surface area contributed by atoms with Crippen molar-refractivity contribution < 1.29 is 14.3 Å². The Hall–Kier alpha value is -3.41. The number of carbonyl (C=O) groups excluding carboxylic acids is 2. The maximum atomic E-state index is 11.9. The second kappa shape index (κ2) is 8.11. The molecule has 0 saturated heterocycles. The highest BCUT2D eigenvalue weighted by molar-refractivity contribution is 5.96. The lowest BCUT2D eigenvalue weighted by molar-refractivity contribution is 0.101. The molecule has 0 saturated carbocycles. The van der Waals surface area contributed by atoms with Gasteiger partial charge in [0, 0.05) is 22.8 Å². The third-order valence-corrected chi connectivity index (χ3v) is 3.77. The van der Waals surface area contributed by atoms with Gasteiger partial charge in [0.2, 0.25) is 0 Å². The first-order valence-electron chi connectivity index (χ1n) is 8.26. The molecular formula is C20H19N3O3. The van der Waals surface area contributed by atoms with Crippen LogP contribution < -0.4 is 15.4 Å². The van der Waals surface area contributed by atoms with E-state index in [1.807, 2.05) is 30.3 Å². The number of Topliss-reactive ketones (excluding diaryl/α,β-unsaturated/α-hetero) is 1. The van der Waals surface area contributed by atoms with E-state index in [2.05, 4.69) is 15.6 Å². The molecule has 2 N–H and O–H groups in total. The van der Waals surface area contributed by atoms with Gasteiger partial charge in [0.05, 0.1) is 6.54 Å². The van der Waals surface area contributed by atoms with Crippen molar-refractivity contribution >= 4 is 28.4 Å². The van der Waals surface area contributed by atoms with Crippen molar-refractivity contribution in [3.8, 4) is 5.75 Å². The molecule has 0 fully saturated rings. The average Bonchev–Trinajstić information content (AvgIpc) is 2.65. The molecule has 0 spiro atoms. The Bertz CT molecular complexity index is 935. The van der Waals surface area contributed by atoms with E-state index in [-0.39, 0.29) is 11.8 Å². The number of benzene rings is 2. The molecule has 6 nitrogen and oxygen atoms in total. The minimum atomic E-state index is -0.356. The van der Waals surface area contributed by atoms with Gasteiger partial charge in [-0.3, -0.25) is 9.78 Å². The summed E-state index contributed by atoms with van der Waals surface area (Å²) in [6, 6.07) is 16.0. The minimum absolute atomic E-state index is 0.0499. The molecule has 0 radical (unpaired) electrons. The van der Waals surface area contributed by atoms with Crippen LogP contribution in [0.15, 0.2) is 60.8 Å². The number of carbonyl (C=O) groups is 2. The van der Waals surface area contributed by atoms with Gasteiger partial charge in [-0.25, -0.2) is 4.79 Å². The molecule has 0 aliphatic heterocycles. The molecule has 3 aromatic rings. The molecule has 2 amide bonds. The molecule has 1 aromatic heterocycles. The Balaban J connectivity index is 1.49. The number of aromatic nitrogens is 1. The summed E-state index contributed by atoms with van der Waals surface area (Å²) in [5.41, 5.74) is 1.91. The van der Waals surface area contributed by atoms with Crippen LogP contribution in [0.3, 0.4) is 0 Å². The third-order valence-electron chi connectivity index (χ3n) is 3.77. The number of fused-ring (bicyclic) bond motifs is 1. The van der Waals surface area contributed by atoms with Crippen molar-refractivity contribution in [3.05, 3.63) is 66.4 Å². The molecule has 26 heavy (non-hydrogen) atoms. The number of rotatable bonds is 6. The number of pyridine rings is 1. The van der Waals surface area contributed by atoms with Crippen LogP contribution in [0.1, 0.15) is 17.3 Å². The van der Waals surface area contributed by atoms with Crippen LogP contribution in [0.5, 0.6) is 5.75 Å². The predicted molar refractivity (Wildman–Crippen MR) is 101 cm³/mol. The highest BCUT2D eigenvalue weighted by Gasteiger charge is 2.05. The smallest absolute Gasteiger partial charge is 0.319 e. The van der Waals surface area contributed by atoms with Crippen LogP contribution in [0.2, 0.25) is 0 Å². The summed E-state index contributed by atoms with van der Waals surface area (Å²) in [6.07, 6.45) is 1.72. The number of ether oxygens (including phenoxy) is 1. The first-order valence-corrected chi connectivity index (χ1v) is 8.26. The lowest BCUT2D eigenvalue weighted by Crippen LogP contribution is -2.32. The van der Waals surface area contributed by atoms with Crippen molar-refractivity contribution in [2.24, 2.45) is 0 Å². The van der Waals surface area contributed by atoms with Gasteiger partial charge in [-0.15, -0.1) is 0 Å². The van der Waals surface area contributed by atoms with E-state index in [0.717, 1.165) is 10.9 Å². The number of amides is 2. The minimum Gasteiger partial charge on any atom is -0.489 e. The zero-order valence-corrected chi connectivity index (χ0v) is 14.4. The van der Waals surface area contributed by atoms with Gasteiger partial charge in [-0.05, 0) is 31.2 Å². The maximum Gasteiger partial charge on any atom is 0.319 e. The molecular weight excluding hydrogens is 330 g/mol. The molecule has 0 aliphatic rings. The van der Waals surface area contributed by atoms with E-state index in [4.69, 9.17) is 4.74 Å². The monoisotopic (exact) mass is 349 g/mol.